The largest absolute Gasteiger partial charge is 0.489 e. The quantitative estimate of drug-likeness (QED) is 0.492. The van der Waals surface area contributed by atoms with Crippen LogP contribution in [0.3, 0.4) is 0 Å². The fourth-order valence-electron chi connectivity index (χ4n) is 5.65. The molecule has 3 amide bonds. The van der Waals surface area contributed by atoms with Gasteiger partial charge in [-0.05, 0) is 67.3 Å². The molecular weight excluding hydrogens is 496 g/mol. The smallest absolute Gasteiger partial charge is 0.255 e. The molecule has 0 spiro atoms. The Morgan fingerprint density at radius 1 is 1.15 bits per heavy atom. The summed E-state index contributed by atoms with van der Waals surface area (Å²) in [6.45, 7) is 4.70. The molecule has 1 N–H and O–H groups in total. The average Bonchev–Trinajstić information content (AvgIpc) is 3.64. The van der Waals surface area contributed by atoms with E-state index in [0.29, 0.717) is 29.8 Å². The molecule has 0 saturated carbocycles. The first kappa shape index (κ1) is 24.8. The molecule has 198 valence electrons. The number of ether oxygens (including phenoxy) is 1. The van der Waals surface area contributed by atoms with Crippen molar-refractivity contribution in [1.82, 2.24) is 24.9 Å². The number of piperidine rings is 1. The highest BCUT2D eigenvalue weighted by molar-refractivity contribution is 6.05. The Labute approximate surface area is 225 Å². The van der Waals surface area contributed by atoms with E-state index in [1.165, 1.54) is 0 Å². The summed E-state index contributed by atoms with van der Waals surface area (Å²) in [4.78, 5) is 40.6. The molecule has 3 aliphatic heterocycles. The number of likely N-dealkylation sites (tertiary alicyclic amines) is 1. The third-order valence-electron chi connectivity index (χ3n) is 7.52. The predicted octanol–water partition coefficient (Wildman–Crippen LogP) is 2.47. The molecule has 3 aromatic rings. The lowest BCUT2D eigenvalue weighted by molar-refractivity contribution is -0.136. The zero-order valence-electron chi connectivity index (χ0n) is 21.6. The number of aromatic nitrogens is 2. The monoisotopic (exact) mass is 524 g/mol. The van der Waals surface area contributed by atoms with E-state index in [-0.39, 0.29) is 24.3 Å². The number of fused-ring (bicyclic) bond motifs is 1. The minimum absolute atomic E-state index is 0.0244. The summed E-state index contributed by atoms with van der Waals surface area (Å²) >= 11 is 0. The van der Waals surface area contributed by atoms with Crippen molar-refractivity contribution in [1.29, 1.82) is 5.26 Å². The van der Waals surface area contributed by atoms with Crippen LogP contribution < -0.4 is 10.1 Å². The number of benzene rings is 2. The Bertz CT molecular complexity index is 1520. The van der Waals surface area contributed by atoms with Gasteiger partial charge in [0.15, 0.2) is 0 Å². The normalized spacial score (nSPS) is 21.1. The SMILES string of the molecule is Cc1cc(C#N)cc(-n2cc(CN3CC[C@H](Oc4ccc5c(c4)CN(C4CCC(=O)NC4=O)C5=O)C3)cn2)c1. The van der Waals surface area contributed by atoms with Gasteiger partial charge >= 0.3 is 0 Å². The van der Waals surface area contributed by atoms with Gasteiger partial charge in [0.2, 0.25) is 11.8 Å². The van der Waals surface area contributed by atoms with E-state index in [9.17, 15) is 19.6 Å². The number of hydrogen-bond donors (Lipinski definition) is 1. The summed E-state index contributed by atoms with van der Waals surface area (Å²) in [5, 5.41) is 16.1. The average molecular weight is 525 g/mol. The number of nitrogens with zero attached hydrogens (tertiary/aromatic N) is 5. The van der Waals surface area contributed by atoms with Crippen molar-refractivity contribution >= 4 is 17.7 Å². The van der Waals surface area contributed by atoms with Gasteiger partial charge in [0.25, 0.3) is 5.91 Å². The van der Waals surface area contributed by atoms with Gasteiger partial charge in [-0.15, -0.1) is 0 Å². The Kier molecular flexibility index (Phi) is 6.37. The van der Waals surface area contributed by atoms with Gasteiger partial charge in [-0.1, -0.05) is 0 Å². The van der Waals surface area contributed by atoms with Crippen LogP contribution in [-0.2, 0) is 22.7 Å². The van der Waals surface area contributed by atoms with E-state index in [1.54, 1.807) is 15.6 Å². The number of nitriles is 1. The van der Waals surface area contributed by atoms with Gasteiger partial charge in [0, 0.05) is 49.9 Å². The van der Waals surface area contributed by atoms with E-state index in [1.807, 2.05) is 49.6 Å². The van der Waals surface area contributed by atoms with Gasteiger partial charge in [-0.3, -0.25) is 24.6 Å². The summed E-state index contributed by atoms with van der Waals surface area (Å²) in [5.74, 6) is -0.186. The molecule has 1 aromatic heterocycles. The van der Waals surface area contributed by atoms with Crippen molar-refractivity contribution in [2.24, 2.45) is 0 Å². The van der Waals surface area contributed by atoms with Crippen LogP contribution in [0.25, 0.3) is 5.69 Å². The summed E-state index contributed by atoms with van der Waals surface area (Å²) in [6, 6.07) is 12.7. The molecule has 0 bridgehead atoms. The third-order valence-corrected chi connectivity index (χ3v) is 7.52. The first-order valence-electron chi connectivity index (χ1n) is 13.1. The van der Waals surface area contributed by atoms with Crippen molar-refractivity contribution in [2.45, 2.75) is 51.4 Å². The molecule has 0 radical (unpaired) electrons. The van der Waals surface area contributed by atoms with Gasteiger partial charge in [0.1, 0.15) is 17.9 Å². The van der Waals surface area contributed by atoms with Crippen LogP contribution >= 0.6 is 0 Å². The van der Waals surface area contributed by atoms with Crippen LogP contribution in [0.4, 0.5) is 0 Å². The van der Waals surface area contributed by atoms with Crippen LogP contribution in [-0.4, -0.2) is 62.5 Å². The fraction of sp³-hybridized carbons (Fsp3) is 0.345. The summed E-state index contributed by atoms with van der Waals surface area (Å²) in [6.07, 6.45) is 5.34. The van der Waals surface area contributed by atoms with E-state index < -0.39 is 11.9 Å². The Morgan fingerprint density at radius 3 is 2.85 bits per heavy atom. The first-order chi connectivity index (χ1) is 18.9. The lowest BCUT2D eigenvalue weighted by Crippen LogP contribution is -2.52. The van der Waals surface area contributed by atoms with E-state index >= 15 is 0 Å². The molecular formula is C29H28N6O4. The second-order valence-corrected chi connectivity index (χ2v) is 10.4. The maximum absolute atomic E-state index is 12.9. The maximum Gasteiger partial charge on any atom is 0.255 e. The highest BCUT2D eigenvalue weighted by atomic mass is 16.5. The Morgan fingerprint density at radius 2 is 2.03 bits per heavy atom. The molecule has 1 unspecified atom stereocenters. The molecule has 6 rings (SSSR count). The summed E-state index contributed by atoms with van der Waals surface area (Å²) in [5.41, 5.74) is 4.99. The minimum Gasteiger partial charge on any atom is -0.489 e. The second kappa shape index (κ2) is 10.0. The maximum atomic E-state index is 12.9. The van der Waals surface area contributed by atoms with E-state index in [0.717, 1.165) is 48.4 Å². The number of amides is 3. The van der Waals surface area contributed by atoms with Crippen LogP contribution in [0.15, 0.2) is 48.8 Å². The highest BCUT2D eigenvalue weighted by Crippen LogP contribution is 2.31. The number of aryl methyl sites for hydroxylation is 1. The van der Waals surface area contributed by atoms with Gasteiger partial charge in [-0.2, -0.15) is 10.4 Å². The van der Waals surface area contributed by atoms with E-state index in [4.69, 9.17) is 4.74 Å². The summed E-state index contributed by atoms with van der Waals surface area (Å²) < 4.78 is 8.09. The number of nitrogens with one attached hydrogen (secondary N) is 1. The number of hydrogen-bond acceptors (Lipinski definition) is 7. The fourth-order valence-corrected chi connectivity index (χ4v) is 5.65. The molecule has 2 aromatic carbocycles. The van der Waals surface area contributed by atoms with Crippen LogP contribution in [0.1, 0.15) is 51.9 Å². The molecule has 39 heavy (non-hydrogen) atoms. The first-order valence-corrected chi connectivity index (χ1v) is 13.1. The standard InChI is InChI=1S/C29H28N6O4/c1-18-8-19(12-30)10-22(9-18)35-15-20(13-31-35)14-33-7-6-24(17-33)39-23-2-3-25-21(11-23)16-34(29(25)38)26-4-5-27(36)32-28(26)37/h2-3,8-11,13,15,24,26H,4-7,14,16-17H2,1H3,(H,32,36,37)/t24-,26?/m0/s1. The molecule has 2 saturated heterocycles. The van der Waals surface area contributed by atoms with Crippen LogP contribution in [0.5, 0.6) is 5.75 Å². The second-order valence-electron chi connectivity index (χ2n) is 10.4. The molecule has 3 aliphatic rings. The molecule has 2 atom stereocenters. The number of carbonyl (C=O) groups is 3. The lowest BCUT2D eigenvalue weighted by atomic mass is 10.0. The molecule has 0 aliphatic carbocycles. The zero-order chi connectivity index (χ0) is 27.1. The summed E-state index contributed by atoms with van der Waals surface area (Å²) in [7, 11) is 0. The number of imide groups is 1. The Hall–Kier alpha value is -4.49. The van der Waals surface area contributed by atoms with Crippen molar-refractivity contribution in [3.8, 4) is 17.5 Å². The van der Waals surface area contributed by atoms with E-state index in [2.05, 4.69) is 21.4 Å². The molecule has 10 nitrogen and oxygen atoms in total. The third kappa shape index (κ3) is 5.01. The van der Waals surface area contributed by atoms with Crippen molar-refractivity contribution in [3.63, 3.8) is 0 Å². The van der Waals surface area contributed by atoms with Crippen LogP contribution in [0, 0.1) is 18.3 Å². The van der Waals surface area contributed by atoms with Gasteiger partial charge < -0.3 is 9.64 Å². The Balaban J connectivity index is 1.06. The minimum atomic E-state index is -0.626. The van der Waals surface area contributed by atoms with Crippen molar-refractivity contribution < 1.29 is 19.1 Å². The van der Waals surface area contributed by atoms with Crippen molar-refractivity contribution in [3.05, 3.63) is 76.6 Å². The van der Waals surface area contributed by atoms with Crippen LogP contribution in [0.2, 0.25) is 0 Å². The van der Waals surface area contributed by atoms with Gasteiger partial charge in [-0.25, -0.2) is 4.68 Å². The van der Waals surface area contributed by atoms with Gasteiger partial charge in [0.05, 0.1) is 23.5 Å². The number of rotatable bonds is 6. The zero-order valence-corrected chi connectivity index (χ0v) is 21.6. The number of carbonyl (C=O) groups excluding carboxylic acids is 3. The lowest BCUT2D eigenvalue weighted by Gasteiger charge is -2.29. The topological polar surface area (TPSA) is 121 Å². The molecule has 10 heteroatoms. The highest BCUT2D eigenvalue weighted by Gasteiger charge is 2.39. The molecule has 2 fully saturated rings. The predicted molar refractivity (Wildman–Crippen MR) is 140 cm³/mol. The van der Waals surface area contributed by atoms with Crippen molar-refractivity contribution in [2.75, 3.05) is 13.1 Å². The molecule has 4 heterocycles.